The Hall–Kier alpha value is -0.383. The monoisotopic (exact) mass is 449 g/mol. The first-order valence-electron chi connectivity index (χ1n) is 12.6. The molecule has 177 valence electrons. The normalized spacial score (nSPS) is 31.2. The van der Waals surface area contributed by atoms with Crippen molar-refractivity contribution < 1.29 is 19.0 Å². The second kappa shape index (κ2) is 10.3. The molecule has 3 fully saturated rings. The van der Waals surface area contributed by atoms with Crippen LogP contribution >= 0.6 is 0 Å². The van der Waals surface area contributed by atoms with Crippen LogP contribution in [0.25, 0.3) is 0 Å². The Bertz CT molecular complexity index is 640. The van der Waals surface area contributed by atoms with E-state index >= 15 is 0 Å². The molecule has 1 spiro atoms. The van der Waals surface area contributed by atoms with E-state index in [0.29, 0.717) is 13.2 Å². The standard InChI is InChI=1S/C26H45O4Si/c1-7-8-9-10-11-12-14-25(24(2,3)4,30-31(5)6)15-13-20-18-22-21(23(20)27)19-26(22)28-16-17-29-26/h20-23,27H,7-12,14,16-19H2,1-6H3. The highest BCUT2D eigenvalue weighted by Gasteiger charge is 2.64. The van der Waals surface area contributed by atoms with Crippen LogP contribution in [0.15, 0.2) is 0 Å². The molecule has 0 aromatic carbocycles. The van der Waals surface area contributed by atoms with Crippen molar-refractivity contribution in [2.24, 2.45) is 23.2 Å². The van der Waals surface area contributed by atoms with Gasteiger partial charge in [-0.15, -0.1) is 0 Å². The summed E-state index contributed by atoms with van der Waals surface area (Å²) >= 11 is 0. The van der Waals surface area contributed by atoms with Crippen molar-refractivity contribution in [3.8, 4) is 11.8 Å². The second-order valence-electron chi connectivity index (χ2n) is 11.2. The number of ether oxygens (including phenoxy) is 2. The van der Waals surface area contributed by atoms with Gasteiger partial charge in [-0.1, -0.05) is 71.6 Å². The fourth-order valence-electron chi connectivity index (χ4n) is 5.73. The highest BCUT2D eigenvalue weighted by atomic mass is 28.3. The topological polar surface area (TPSA) is 47.9 Å². The summed E-state index contributed by atoms with van der Waals surface area (Å²) in [7, 11) is -0.914. The van der Waals surface area contributed by atoms with Crippen LogP contribution in [0.4, 0.5) is 0 Å². The Morgan fingerprint density at radius 1 is 1.06 bits per heavy atom. The molecule has 0 aromatic heterocycles. The predicted octanol–water partition coefficient (Wildman–Crippen LogP) is 5.55. The predicted molar refractivity (Wildman–Crippen MR) is 127 cm³/mol. The first-order chi connectivity index (χ1) is 14.6. The smallest absolute Gasteiger partial charge is 0.207 e. The summed E-state index contributed by atoms with van der Waals surface area (Å²) in [5.41, 5.74) is -0.526. The van der Waals surface area contributed by atoms with E-state index in [2.05, 4.69) is 52.6 Å². The molecule has 0 aromatic rings. The number of unbranched alkanes of at least 4 members (excludes halogenated alkanes) is 5. The number of rotatable bonds is 9. The summed E-state index contributed by atoms with van der Waals surface area (Å²) in [6, 6.07) is 0. The number of aliphatic hydroxyl groups excluding tert-OH is 1. The Balaban J connectivity index is 1.71. The van der Waals surface area contributed by atoms with Gasteiger partial charge in [0.25, 0.3) is 0 Å². The molecule has 1 aliphatic heterocycles. The zero-order valence-electron chi connectivity index (χ0n) is 20.8. The summed E-state index contributed by atoms with van der Waals surface area (Å²) in [5, 5.41) is 11.0. The van der Waals surface area contributed by atoms with Gasteiger partial charge in [-0.3, -0.25) is 0 Å². The SMILES string of the molecule is CCCCCCCCC(C#CC1CC2C(CC23OCCO3)C1O)(O[Si](C)C)C(C)(C)C. The van der Waals surface area contributed by atoms with Gasteiger partial charge in [-0.05, 0) is 38.3 Å². The van der Waals surface area contributed by atoms with Gasteiger partial charge in [-0.25, -0.2) is 0 Å². The molecular weight excluding hydrogens is 404 g/mol. The average molecular weight is 450 g/mol. The fourth-order valence-corrected chi connectivity index (χ4v) is 6.88. The van der Waals surface area contributed by atoms with Crippen molar-refractivity contribution in [1.82, 2.24) is 0 Å². The molecule has 1 N–H and O–H groups in total. The summed E-state index contributed by atoms with van der Waals surface area (Å²) in [6.07, 6.45) is 9.89. The number of aliphatic hydroxyl groups is 1. The van der Waals surface area contributed by atoms with Gasteiger partial charge in [-0.2, -0.15) is 0 Å². The Morgan fingerprint density at radius 2 is 1.71 bits per heavy atom. The van der Waals surface area contributed by atoms with E-state index in [4.69, 9.17) is 13.9 Å². The van der Waals surface area contributed by atoms with Crippen LogP contribution in [0.5, 0.6) is 0 Å². The maximum atomic E-state index is 11.0. The minimum Gasteiger partial charge on any atom is -0.401 e. The lowest BCUT2D eigenvalue weighted by atomic mass is 9.69. The first-order valence-corrected chi connectivity index (χ1v) is 15.0. The Morgan fingerprint density at radius 3 is 2.32 bits per heavy atom. The van der Waals surface area contributed by atoms with Crippen molar-refractivity contribution in [3.05, 3.63) is 0 Å². The molecule has 2 saturated carbocycles. The molecule has 4 nitrogen and oxygen atoms in total. The van der Waals surface area contributed by atoms with Gasteiger partial charge in [0.2, 0.25) is 9.04 Å². The van der Waals surface area contributed by atoms with Crippen LogP contribution in [-0.4, -0.2) is 44.9 Å². The molecule has 5 heteroatoms. The first kappa shape index (κ1) is 25.2. The lowest BCUT2D eigenvalue weighted by molar-refractivity contribution is -0.275. The summed E-state index contributed by atoms with van der Waals surface area (Å²) in [6.45, 7) is 14.8. The van der Waals surface area contributed by atoms with E-state index in [0.717, 1.165) is 25.7 Å². The van der Waals surface area contributed by atoms with Gasteiger partial charge >= 0.3 is 0 Å². The van der Waals surface area contributed by atoms with Gasteiger partial charge < -0.3 is 19.0 Å². The number of fused-ring (bicyclic) bond motifs is 2. The number of hydrogen-bond acceptors (Lipinski definition) is 4. The van der Waals surface area contributed by atoms with E-state index in [1.54, 1.807) is 0 Å². The van der Waals surface area contributed by atoms with Crippen LogP contribution in [0.1, 0.15) is 85.5 Å². The maximum Gasteiger partial charge on any atom is 0.207 e. The molecular formula is C26H45O4Si. The molecule has 31 heavy (non-hydrogen) atoms. The van der Waals surface area contributed by atoms with E-state index in [9.17, 15) is 5.11 Å². The molecule has 0 amide bonds. The lowest BCUT2D eigenvalue weighted by Gasteiger charge is -2.48. The molecule has 1 saturated heterocycles. The summed E-state index contributed by atoms with van der Waals surface area (Å²) < 4.78 is 18.5. The molecule has 1 radical (unpaired) electrons. The van der Waals surface area contributed by atoms with Crippen molar-refractivity contribution >= 4 is 9.04 Å². The fraction of sp³-hybridized carbons (Fsp3) is 0.923. The third kappa shape index (κ3) is 5.41. The van der Waals surface area contributed by atoms with Crippen LogP contribution in [-0.2, 0) is 13.9 Å². The summed E-state index contributed by atoms with van der Waals surface area (Å²) in [5.74, 6) is 7.27. The lowest BCUT2D eigenvalue weighted by Crippen LogP contribution is -2.54. The van der Waals surface area contributed by atoms with Crippen molar-refractivity contribution in [3.63, 3.8) is 0 Å². The van der Waals surface area contributed by atoms with Crippen LogP contribution in [0.3, 0.4) is 0 Å². The van der Waals surface area contributed by atoms with Gasteiger partial charge in [0, 0.05) is 23.7 Å². The maximum absolute atomic E-state index is 11.0. The minimum atomic E-state index is -0.914. The zero-order chi connectivity index (χ0) is 22.7. The van der Waals surface area contributed by atoms with Crippen molar-refractivity contribution in [1.29, 1.82) is 0 Å². The summed E-state index contributed by atoms with van der Waals surface area (Å²) in [4.78, 5) is 0. The Kier molecular flexibility index (Phi) is 8.36. The highest BCUT2D eigenvalue weighted by molar-refractivity contribution is 6.48. The third-order valence-electron chi connectivity index (χ3n) is 7.67. The van der Waals surface area contributed by atoms with Gasteiger partial charge in [0.1, 0.15) is 5.60 Å². The van der Waals surface area contributed by atoms with Crippen LogP contribution in [0, 0.1) is 35.0 Å². The quantitative estimate of drug-likeness (QED) is 0.285. The molecule has 2 aliphatic carbocycles. The highest BCUT2D eigenvalue weighted by Crippen LogP contribution is 2.59. The van der Waals surface area contributed by atoms with E-state index in [-0.39, 0.29) is 29.3 Å². The van der Waals surface area contributed by atoms with E-state index in [1.807, 2.05) is 0 Å². The second-order valence-corrected chi connectivity index (χ2v) is 13.2. The zero-order valence-corrected chi connectivity index (χ0v) is 21.8. The largest absolute Gasteiger partial charge is 0.401 e. The molecule has 5 atom stereocenters. The van der Waals surface area contributed by atoms with E-state index in [1.165, 1.54) is 32.1 Å². The van der Waals surface area contributed by atoms with Gasteiger partial charge in [0.05, 0.1) is 19.3 Å². The minimum absolute atomic E-state index is 0.0126. The van der Waals surface area contributed by atoms with E-state index < -0.39 is 20.4 Å². The van der Waals surface area contributed by atoms with Crippen molar-refractivity contribution in [2.75, 3.05) is 13.2 Å². The average Bonchev–Trinajstić information content (AvgIpc) is 3.27. The molecule has 3 rings (SSSR count). The van der Waals surface area contributed by atoms with Crippen LogP contribution in [0.2, 0.25) is 13.1 Å². The molecule has 3 aliphatic rings. The third-order valence-corrected chi connectivity index (χ3v) is 8.43. The van der Waals surface area contributed by atoms with Crippen molar-refractivity contribution in [2.45, 2.75) is 116 Å². The molecule has 1 heterocycles. The van der Waals surface area contributed by atoms with Crippen LogP contribution < -0.4 is 0 Å². The van der Waals surface area contributed by atoms with Gasteiger partial charge in [0.15, 0.2) is 5.79 Å². The Labute approximate surface area is 192 Å². The molecule has 0 bridgehead atoms. The number of hydrogen-bond donors (Lipinski definition) is 1. The molecule has 5 unspecified atom stereocenters.